The van der Waals surface area contributed by atoms with Crippen molar-refractivity contribution in [3.63, 3.8) is 0 Å². The third kappa shape index (κ3) is 2.71. The van der Waals surface area contributed by atoms with Crippen molar-refractivity contribution in [3.8, 4) is 0 Å². The van der Waals surface area contributed by atoms with Gasteiger partial charge >= 0.3 is 0 Å². The van der Waals surface area contributed by atoms with Crippen LogP contribution >= 0.6 is 27.5 Å². The van der Waals surface area contributed by atoms with Gasteiger partial charge < -0.3 is 9.30 Å². The molecule has 0 aliphatic heterocycles. The number of alkyl halides is 1. The fraction of sp³-hybridized carbons (Fsp3) is 0.533. The molecule has 1 saturated carbocycles. The number of methoxy groups -OCH3 is 1. The average molecular weight is 376 g/mol. The van der Waals surface area contributed by atoms with Gasteiger partial charge in [0.15, 0.2) is 0 Å². The van der Waals surface area contributed by atoms with E-state index in [4.69, 9.17) is 16.3 Å². The predicted octanol–water partition coefficient (Wildman–Crippen LogP) is 4.29. The highest BCUT2D eigenvalue weighted by atomic mass is 79.9. The third-order valence-electron chi connectivity index (χ3n) is 4.33. The Balaban J connectivity index is 2.09. The van der Waals surface area contributed by atoms with E-state index in [0.29, 0.717) is 22.3 Å². The predicted molar refractivity (Wildman–Crippen MR) is 85.4 cm³/mol. The van der Waals surface area contributed by atoms with E-state index in [1.165, 1.54) is 12.5 Å². The molecule has 1 heterocycles. The summed E-state index contributed by atoms with van der Waals surface area (Å²) in [5.41, 5.74) is 1.48. The smallest absolute Gasteiger partial charge is 0.139 e. The molecule has 0 amide bonds. The highest BCUT2D eigenvalue weighted by Gasteiger charge is 2.38. The number of rotatable bonds is 5. The van der Waals surface area contributed by atoms with Crippen molar-refractivity contribution in [1.29, 1.82) is 0 Å². The fourth-order valence-electron chi connectivity index (χ4n) is 2.91. The monoisotopic (exact) mass is 374 g/mol. The van der Waals surface area contributed by atoms with Crippen LogP contribution in [0.25, 0.3) is 11.0 Å². The Hall–Kier alpha value is -0.650. The second kappa shape index (κ2) is 5.86. The Kier molecular flexibility index (Phi) is 4.26. The molecular weight excluding hydrogens is 359 g/mol. The maximum Gasteiger partial charge on any atom is 0.139 e. The van der Waals surface area contributed by atoms with Crippen LogP contribution in [0.5, 0.6) is 0 Å². The van der Waals surface area contributed by atoms with E-state index in [9.17, 15) is 4.39 Å². The van der Waals surface area contributed by atoms with E-state index < -0.39 is 0 Å². The van der Waals surface area contributed by atoms with Gasteiger partial charge in [0.1, 0.15) is 11.6 Å². The molecule has 3 nitrogen and oxygen atoms in total. The van der Waals surface area contributed by atoms with E-state index >= 15 is 0 Å². The molecular formula is C15H17BrClFN2O. The zero-order chi connectivity index (χ0) is 15.0. The Bertz CT molecular complexity index is 664. The van der Waals surface area contributed by atoms with E-state index in [1.807, 2.05) is 0 Å². The van der Waals surface area contributed by atoms with Crippen LogP contribution in [-0.4, -0.2) is 28.1 Å². The summed E-state index contributed by atoms with van der Waals surface area (Å²) in [5.74, 6) is 1.09. The van der Waals surface area contributed by atoms with E-state index in [1.54, 1.807) is 13.2 Å². The van der Waals surface area contributed by atoms with E-state index in [2.05, 4.69) is 25.5 Å². The molecule has 1 aliphatic carbocycles. The highest BCUT2D eigenvalue weighted by Crippen LogP contribution is 2.38. The summed E-state index contributed by atoms with van der Waals surface area (Å²) >= 11 is 9.14. The number of halogens is 3. The molecule has 0 saturated heterocycles. The number of ether oxygens (including phenoxy) is 1. The molecule has 0 unspecified atom stereocenters. The van der Waals surface area contributed by atoms with Crippen LogP contribution in [0.4, 0.5) is 4.39 Å². The molecule has 0 N–H and O–H groups in total. The maximum atomic E-state index is 13.7. The second-order valence-electron chi connectivity index (χ2n) is 5.55. The summed E-state index contributed by atoms with van der Waals surface area (Å²) in [5, 5.41) is 0. The van der Waals surface area contributed by atoms with Gasteiger partial charge in [0.25, 0.3) is 0 Å². The van der Waals surface area contributed by atoms with Crippen LogP contribution in [0, 0.1) is 5.82 Å². The van der Waals surface area contributed by atoms with Gasteiger partial charge in [-0.05, 0) is 41.3 Å². The number of nitrogens with zero attached hydrogens (tertiary/aromatic N) is 2. The van der Waals surface area contributed by atoms with Gasteiger partial charge in [0.05, 0.1) is 27.7 Å². The summed E-state index contributed by atoms with van der Waals surface area (Å²) in [6.45, 7) is 0.740. The first-order valence-electron chi connectivity index (χ1n) is 7.04. The molecule has 1 aromatic carbocycles. The molecule has 0 radical (unpaired) electrons. The van der Waals surface area contributed by atoms with Gasteiger partial charge in [-0.25, -0.2) is 9.37 Å². The van der Waals surface area contributed by atoms with Crippen molar-refractivity contribution < 1.29 is 9.13 Å². The van der Waals surface area contributed by atoms with E-state index in [0.717, 1.165) is 30.7 Å². The molecule has 1 aromatic heterocycles. The van der Waals surface area contributed by atoms with Crippen molar-refractivity contribution in [2.75, 3.05) is 13.0 Å². The first kappa shape index (κ1) is 15.3. The van der Waals surface area contributed by atoms with Gasteiger partial charge in [0.2, 0.25) is 0 Å². The van der Waals surface area contributed by atoms with Crippen LogP contribution in [0.1, 0.15) is 25.1 Å². The van der Waals surface area contributed by atoms with Gasteiger partial charge in [-0.15, -0.1) is 11.6 Å². The molecule has 114 valence electrons. The molecule has 0 bridgehead atoms. The lowest BCUT2D eigenvalue weighted by atomic mass is 9.80. The van der Waals surface area contributed by atoms with Crippen molar-refractivity contribution in [2.45, 2.75) is 37.8 Å². The number of imidazole rings is 1. The first-order valence-corrected chi connectivity index (χ1v) is 8.36. The van der Waals surface area contributed by atoms with Gasteiger partial charge in [-0.1, -0.05) is 0 Å². The lowest BCUT2D eigenvalue weighted by Gasteiger charge is -2.41. The number of benzene rings is 1. The highest BCUT2D eigenvalue weighted by molar-refractivity contribution is 9.10. The van der Waals surface area contributed by atoms with E-state index in [-0.39, 0.29) is 11.4 Å². The zero-order valence-corrected chi connectivity index (χ0v) is 14.2. The summed E-state index contributed by atoms with van der Waals surface area (Å²) in [7, 11) is 1.76. The topological polar surface area (TPSA) is 27.1 Å². The molecule has 0 spiro atoms. The molecule has 1 aliphatic rings. The maximum absolute atomic E-state index is 13.7. The van der Waals surface area contributed by atoms with Gasteiger partial charge in [-0.2, -0.15) is 0 Å². The van der Waals surface area contributed by atoms with Gasteiger partial charge in [-0.3, -0.25) is 0 Å². The molecule has 21 heavy (non-hydrogen) atoms. The molecule has 6 heteroatoms. The molecule has 1 fully saturated rings. The largest absolute Gasteiger partial charge is 0.376 e. The van der Waals surface area contributed by atoms with Crippen LogP contribution in [0.15, 0.2) is 16.6 Å². The molecule has 3 rings (SSSR count). The van der Waals surface area contributed by atoms with Crippen molar-refractivity contribution >= 4 is 38.6 Å². The SMILES string of the molecule is COC1(Cn2c(CCCl)nc3cc(F)c(Br)cc32)CCC1. The Morgan fingerprint density at radius 2 is 2.24 bits per heavy atom. The van der Waals surface area contributed by atoms with Crippen LogP contribution in [0.3, 0.4) is 0 Å². The number of aromatic nitrogens is 2. The Morgan fingerprint density at radius 1 is 1.48 bits per heavy atom. The quantitative estimate of drug-likeness (QED) is 0.729. The second-order valence-corrected chi connectivity index (χ2v) is 6.78. The molecule has 0 atom stereocenters. The number of aryl methyl sites for hydroxylation is 1. The van der Waals surface area contributed by atoms with Crippen LogP contribution in [0.2, 0.25) is 0 Å². The van der Waals surface area contributed by atoms with Gasteiger partial charge in [0, 0.05) is 25.5 Å². The summed E-state index contributed by atoms with van der Waals surface area (Å²) < 4.78 is 22.0. The van der Waals surface area contributed by atoms with Crippen LogP contribution in [-0.2, 0) is 17.7 Å². The van der Waals surface area contributed by atoms with Crippen molar-refractivity contribution in [3.05, 3.63) is 28.2 Å². The number of hydrogen-bond acceptors (Lipinski definition) is 2. The fourth-order valence-corrected chi connectivity index (χ4v) is 3.41. The lowest BCUT2D eigenvalue weighted by molar-refractivity contribution is -0.0832. The van der Waals surface area contributed by atoms with Crippen molar-refractivity contribution in [1.82, 2.24) is 9.55 Å². The molecule has 2 aromatic rings. The minimum Gasteiger partial charge on any atom is -0.376 e. The summed E-state index contributed by atoms with van der Waals surface area (Å²) in [4.78, 5) is 4.54. The lowest BCUT2D eigenvalue weighted by Crippen LogP contribution is -2.43. The summed E-state index contributed by atoms with van der Waals surface area (Å²) in [6.07, 6.45) is 3.94. The van der Waals surface area contributed by atoms with Crippen molar-refractivity contribution in [2.24, 2.45) is 0 Å². The standard InChI is InChI=1S/C15H17BrClFN2O/c1-21-15(4-2-5-15)9-20-13-7-10(16)11(18)8-12(13)19-14(20)3-6-17/h7-8H,2-6,9H2,1H3. The number of hydrogen-bond donors (Lipinski definition) is 0. The Morgan fingerprint density at radius 3 is 2.81 bits per heavy atom. The summed E-state index contributed by atoms with van der Waals surface area (Å²) in [6, 6.07) is 3.26. The first-order chi connectivity index (χ1) is 10.1. The minimum atomic E-state index is -0.297. The third-order valence-corrected chi connectivity index (χ3v) is 5.13. The average Bonchev–Trinajstić information content (AvgIpc) is 2.72. The number of fused-ring (bicyclic) bond motifs is 1. The normalized spacial score (nSPS) is 17.1. The minimum absolute atomic E-state index is 0.116. The Labute approximate surface area is 136 Å². The zero-order valence-electron chi connectivity index (χ0n) is 11.8. The van der Waals surface area contributed by atoms with Crippen LogP contribution < -0.4 is 0 Å².